The molecule has 0 aliphatic heterocycles. The zero-order valence-electron chi connectivity index (χ0n) is 22.7. The molecule has 1 N–H and O–H groups in total. The number of rotatable bonds is 11. The second kappa shape index (κ2) is 12.8. The van der Waals surface area contributed by atoms with Crippen molar-refractivity contribution >= 4 is 27.5 Å². The molecule has 0 saturated heterocycles. The van der Waals surface area contributed by atoms with Crippen LogP contribution in [-0.4, -0.2) is 50.9 Å². The molecule has 0 aromatic heterocycles. The molecule has 0 fully saturated rings. The van der Waals surface area contributed by atoms with Crippen LogP contribution >= 0.6 is 0 Å². The minimum atomic E-state index is -4.22. The highest BCUT2D eigenvalue weighted by molar-refractivity contribution is 7.92. The molecule has 0 heterocycles. The van der Waals surface area contributed by atoms with Gasteiger partial charge in [0, 0.05) is 12.6 Å². The van der Waals surface area contributed by atoms with Gasteiger partial charge in [0.05, 0.1) is 17.7 Å². The Labute approximate surface area is 229 Å². The number of ether oxygens (including phenoxy) is 1. The van der Waals surface area contributed by atoms with Crippen LogP contribution in [0.25, 0.3) is 0 Å². The molecule has 208 valence electrons. The number of methoxy groups -OCH3 is 1. The first-order valence-electron chi connectivity index (χ1n) is 12.5. The van der Waals surface area contributed by atoms with E-state index in [0.717, 1.165) is 22.0 Å². The zero-order valence-corrected chi connectivity index (χ0v) is 23.5. The number of carbonyl (C=O) groups excluding carboxylic acids is 2. The van der Waals surface area contributed by atoms with Crippen molar-refractivity contribution in [1.29, 1.82) is 0 Å². The van der Waals surface area contributed by atoms with E-state index in [-0.39, 0.29) is 29.1 Å². The quantitative estimate of drug-likeness (QED) is 0.381. The molecule has 3 rings (SSSR count). The van der Waals surface area contributed by atoms with Crippen molar-refractivity contribution in [2.45, 2.75) is 51.2 Å². The molecule has 1 unspecified atom stereocenters. The van der Waals surface area contributed by atoms with Gasteiger partial charge in [-0.2, -0.15) is 0 Å². The number of benzene rings is 3. The number of sulfonamides is 1. The number of anilines is 1. The summed E-state index contributed by atoms with van der Waals surface area (Å²) in [7, 11) is -2.69. The predicted octanol–water partition coefficient (Wildman–Crippen LogP) is 4.28. The molecular weight excluding hydrogens is 521 g/mol. The topological polar surface area (TPSA) is 96.0 Å². The van der Waals surface area contributed by atoms with E-state index in [9.17, 15) is 22.4 Å². The molecule has 0 saturated carbocycles. The molecule has 39 heavy (non-hydrogen) atoms. The Morgan fingerprint density at radius 2 is 1.62 bits per heavy atom. The summed E-state index contributed by atoms with van der Waals surface area (Å²) < 4.78 is 47.4. The predicted molar refractivity (Wildman–Crippen MR) is 148 cm³/mol. The third-order valence-electron chi connectivity index (χ3n) is 6.09. The molecule has 0 bridgehead atoms. The smallest absolute Gasteiger partial charge is 0.264 e. The SMILES string of the molecule is COc1cccc(CN(C(=O)CN(c2ccc(F)cc2)S(=O)(=O)c2ccc(C)cc2)C(C)C(=O)NC(C)C)c1. The van der Waals surface area contributed by atoms with Crippen molar-refractivity contribution in [1.82, 2.24) is 10.2 Å². The number of amides is 2. The lowest BCUT2D eigenvalue weighted by molar-refractivity contribution is -0.139. The molecule has 2 amide bonds. The van der Waals surface area contributed by atoms with Crippen molar-refractivity contribution in [2.24, 2.45) is 0 Å². The van der Waals surface area contributed by atoms with Crippen molar-refractivity contribution in [3.8, 4) is 5.75 Å². The van der Waals surface area contributed by atoms with E-state index in [1.165, 1.54) is 36.3 Å². The summed E-state index contributed by atoms with van der Waals surface area (Å²) in [6.45, 7) is 6.46. The zero-order chi connectivity index (χ0) is 28.7. The third-order valence-corrected chi connectivity index (χ3v) is 7.88. The van der Waals surface area contributed by atoms with Crippen molar-refractivity contribution < 1.29 is 27.1 Å². The number of nitrogens with zero attached hydrogens (tertiary/aromatic N) is 2. The van der Waals surface area contributed by atoms with E-state index in [2.05, 4.69) is 5.32 Å². The fraction of sp³-hybridized carbons (Fsp3) is 0.310. The normalized spacial score (nSPS) is 12.1. The Morgan fingerprint density at radius 3 is 2.21 bits per heavy atom. The Kier molecular flexibility index (Phi) is 9.69. The number of hydrogen-bond acceptors (Lipinski definition) is 5. The van der Waals surface area contributed by atoms with Gasteiger partial charge < -0.3 is 15.0 Å². The lowest BCUT2D eigenvalue weighted by atomic mass is 10.1. The summed E-state index contributed by atoms with van der Waals surface area (Å²) >= 11 is 0. The van der Waals surface area contributed by atoms with E-state index in [0.29, 0.717) is 11.3 Å². The summed E-state index contributed by atoms with van der Waals surface area (Å²) in [6.07, 6.45) is 0. The number of aryl methyl sites for hydroxylation is 1. The van der Waals surface area contributed by atoms with Gasteiger partial charge in [-0.3, -0.25) is 13.9 Å². The van der Waals surface area contributed by atoms with Crippen LogP contribution in [0.5, 0.6) is 5.75 Å². The Bertz CT molecular complexity index is 1390. The highest BCUT2D eigenvalue weighted by Crippen LogP contribution is 2.25. The van der Waals surface area contributed by atoms with Crippen LogP contribution in [-0.2, 0) is 26.2 Å². The largest absolute Gasteiger partial charge is 0.497 e. The van der Waals surface area contributed by atoms with Crippen molar-refractivity contribution in [2.75, 3.05) is 18.0 Å². The minimum absolute atomic E-state index is 0.0184. The number of hydrogen-bond donors (Lipinski definition) is 1. The van der Waals surface area contributed by atoms with Crippen LogP contribution in [0, 0.1) is 12.7 Å². The number of nitrogens with one attached hydrogen (secondary N) is 1. The molecule has 0 spiro atoms. The number of halogens is 1. The van der Waals surface area contributed by atoms with Crippen LogP contribution < -0.4 is 14.4 Å². The second-order valence-electron chi connectivity index (χ2n) is 9.51. The van der Waals surface area contributed by atoms with Crippen LogP contribution in [0.15, 0.2) is 77.7 Å². The van der Waals surface area contributed by atoms with Crippen LogP contribution in [0.4, 0.5) is 10.1 Å². The summed E-state index contributed by atoms with van der Waals surface area (Å²) in [4.78, 5) is 28.1. The molecule has 3 aromatic rings. The highest BCUT2D eigenvalue weighted by Gasteiger charge is 2.32. The van der Waals surface area contributed by atoms with E-state index in [4.69, 9.17) is 4.74 Å². The Hall–Kier alpha value is -3.92. The van der Waals surface area contributed by atoms with Gasteiger partial charge in [-0.15, -0.1) is 0 Å². The highest BCUT2D eigenvalue weighted by atomic mass is 32.2. The molecule has 3 aromatic carbocycles. The first kappa shape index (κ1) is 29.6. The monoisotopic (exact) mass is 555 g/mol. The van der Waals surface area contributed by atoms with Gasteiger partial charge >= 0.3 is 0 Å². The Morgan fingerprint density at radius 1 is 0.974 bits per heavy atom. The maximum Gasteiger partial charge on any atom is 0.264 e. The van der Waals surface area contributed by atoms with E-state index in [1.807, 2.05) is 20.8 Å². The van der Waals surface area contributed by atoms with Gasteiger partial charge in [-0.05, 0) is 81.8 Å². The molecule has 8 nitrogen and oxygen atoms in total. The van der Waals surface area contributed by atoms with Gasteiger partial charge in [-0.25, -0.2) is 12.8 Å². The lowest BCUT2D eigenvalue weighted by Crippen LogP contribution is -2.52. The average Bonchev–Trinajstić information content (AvgIpc) is 2.90. The third kappa shape index (κ3) is 7.57. The van der Waals surface area contributed by atoms with Gasteiger partial charge in [0.2, 0.25) is 11.8 Å². The molecule has 0 radical (unpaired) electrons. The maximum absolute atomic E-state index is 13.9. The summed E-state index contributed by atoms with van der Waals surface area (Å²) in [5.74, 6) is -0.953. The van der Waals surface area contributed by atoms with E-state index >= 15 is 0 Å². The van der Waals surface area contributed by atoms with Crippen molar-refractivity contribution in [3.05, 3.63) is 89.7 Å². The first-order valence-corrected chi connectivity index (χ1v) is 13.9. The van der Waals surface area contributed by atoms with E-state index < -0.39 is 34.3 Å². The molecule has 0 aliphatic rings. The van der Waals surface area contributed by atoms with Gasteiger partial charge in [0.25, 0.3) is 10.0 Å². The minimum Gasteiger partial charge on any atom is -0.497 e. The van der Waals surface area contributed by atoms with Crippen LogP contribution in [0.3, 0.4) is 0 Å². The van der Waals surface area contributed by atoms with Crippen molar-refractivity contribution in [3.63, 3.8) is 0 Å². The Balaban J connectivity index is 2.03. The van der Waals surface area contributed by atoms with Crippen LogP contribution in [0.2, 0.25) is 0 Å². The fourth-order valence-corrected chi connectivity index (χ4v) is 5.34. The summed E-state index contributed by atoms with van der Waals surface area (Å²) in [6, 6.07) is 17.1. The average molecular weight is 556 g/mol. The second-order valence-corrected chi connectivity index (χ2v) is 11.4. The first-order chi connectivity index (χ1) is 18.4. The molecule has 10 heteroatoms. The summed E-state index contributed by atoms with van der Waals surface area (Å²) in [5, 5.41) is 2.81. The molecule has 1 atom stereocenters. The van der Waals surface area contributed by atoms with Gasteiger partial charge in [-0.1, -0.05) is 29.8 Å². The van der Waals surface area contributed by atoms with Crippen LogP contribution in [0.1, 0.15) is 31.9 Å². The van der Waals surface area contributed by atoms with Gasteiger partial charge in [0.1, 0.15) is 24.2 Å². The maximum atomic E-state index is 13.9. The fourth-order valence-electron chi connectivity index (χ4n) is 3.93. The number of carbonyl (C=O) groups is 2. The van der Waals surface area contributed by atoms with E-state index in [1.54, 1.807) is 43.3 Å². The van der Waals surface area contributed by atoms with Gasteiger partial charge in [0.15, 0.2) is 0 Å². The lowest BCUT2D eigenvalue weighted by Gasteiger charge is -2.32. The molecular formula is C29H34FN3O5S. The standard InChI is InChI=1S/C29H34FN3O5S/c1-20(2)31-29(35)22(4)32(18-23-7-6-8-26(17-23)38-5)28(34)19-33(25-13-11-24(30)12-14-25)39(36,37)27-15-9-21(3)10-16-27/h6-17,20,22H,18-19H2,1-5H3,(H,31,35). The summed E-state index contributed by atoms with van der Waals surface area (Å²) in [5.41, 5.74) is 1.68. The molecule has 0 aliphatic carbocycles.